The summed E-state index contributed by atoms with van der Waals surface area (Å²) < 4.78 is 54.0. The third kappa shape index (κ3) is 3.33. The molecule has 0 aliphatic heterocycles. The molecule has 0 spiro atoms. The number of hydrogen-bond acceptors (Lipinski definition) is 2. The zero-order chi connectivity index (χ0) is 14.9. The molecule has 0 saturated heterocycles. The van der Waals surface area contributed by atoms with Crippen molar-refractivity contribution in [3.63, 3.8) is 0 Å². The van der Waals surface area contributed by atoms with Gasteiger partial charge in [0.05, 0.1) is 10.7 Å². The van der Waals surface area contributed by atoms with Gasteiger partial charge in [-0.3, -0.25) is 0 Å². The molecule has 0 atom stereocenters. The molecule has 0 aromatic heterocycles. The molecule has 106 valence electrons. The molecule has 0 fully saturated rings. The Kier molecular flexibility index (Phi) is 3.76. The number of anilines is 1. The molecule has 0 unspecified atom stereocenters. The molecule has 2 nitrogen and oxygen atoms in total. The molecular weight excluding hydrogens is 298 g/mol. The fourth-order valence-corrected chi connectivity index (χ4v) is 1.80. The molecule has 0 aliphatic carbocycles. The summed E-state index contributed by atoms with van der Waals surface area (Å²) in [6.07, 6.45) is -4.81. The largest absolute Gasteiger partial charge is 0.573 e. The summed E-state index contributed by atoms with van der Waals surface area (Å²) in [5.41, 5.74) is 5.93. The second-order valence-corrected chi connectivity index (χ2v) is 4.34. The van der Waals surface area contributed by atoms with Gasteiger partial charge in [-0.25, -0.2) is 4.39 Å². The highest BCUT2D eigenvalue weighted by atomic mass is 35.5. The van der Waals surface area contributed by atoms with E-state index in [-0.39, 0.29) is 21.8 Å². The summed E-state index contributed by atoms with van der Waals surface area (Å²) in [7, 11) is 0. The van der Waals surface area contributed by atoms with Crippen molar-refractivity contribution in [1.82, 2.24) is 0 Å². The zero-order valence-corrected chi connectivity index (χ0v) is 10.6. The maximum Gasteiger partial charge on any atom is 0.573 e. The van der Waals surface area contributed by atoms with Crippen molar-refractivity contribution in [2.45, 2.75) is 6.36 Å². The average molecular weight is 306 g/mol. The molecule has 0 saturated carbocycles. The Bertz CT molecular complexity index is 643. The predicted octanol–water partition coefficient (Wildman–Crippen LogP) is 4.63. The fourth-order valence-electron chi connectivity index (χ4n) is 1.65. The highest BCUT2D eigenvalue weighted by Gasteiger charge is 2.31. The first-order valence-electron chi connectivity index (χ1n) is 5.37. The van der Waals surface area contributed by atoms with Gasteiger partial charge in [0, 0.05) is 5.56 Å². The normalized spacial score (nSPS) is 11.4. The first-order chi connectivity index (χ1) is 9.26. The van der Waals surface area contributed by atoms with E-state index in [4.69, 9.17) is 17.3 Å². The molecule has 7 heteroatoms. The topological polar surface area (TPSA) is 35.2 Å². The quantitative estimate of drug-likeness (QED) is 0.648. The maximum atomic E-state index is 13.8. The van der Waals surface area contributed by atoms with E-state index in [9.17, 15) is 17.6 Å². The van der Waals surface area contributed by atoms with Gasteiger partial charge in [-0.2, -0.15) is 0 Å². The summed E-state index contributed by atoms with van der Waals surface area (Å²) in [6, 6.07) is 7.21. The Hall–Kier alpha value is -1.95. The molecule has 2 rings (SSSR count). The summed E-state index contributed by atoms with van der Waals surface area (Å²) >= 11 is 5.65. The van der Waals surface area contributed by atoms with Crippen LogP contribution < -0.4 is 10.5 Å². The smallest absolute Gasteiger partial charge is 0.406 e. The van der Waals surface area contributed by atoms with Crippen LogP contribution in [0.5, 0.6) is 5.75 Å². The Labute approximate surface area is 116 Å². The first kappa shape index (κ1) is 14.5. The number of nitrogen functional groups attached to an aromatic ring is 1. The number of alkyl halides is 3. The molecule has 2 N–H and O–H groups in total. The number of halogens is 5. The SMILES string of the molecule is Nc1cc(-c2cccc(OC(F)(F)F)c2)c(F)cc1Cl. The third-order valence-electron chi connectivity index (χ3n) is 2.46. The second kappa shape index (κ2) is 5.20. The summed E-state index contributed by atoms with van der Waals surface area (Å²) in [4.78, 5) is 0. The van der Waals surface area contributed by atoms with Gasteiger partial charge in [0.2, 0.25) is 0 Å². The molecule has 20 heavy (non-hydrogen) atoms. The van der Waals surface area contributed by atoms with Gasteiger partial charge < -0.3 is 10.5 Å². The van der Waals surface area contributed by atoms with E-state index in [1.165, 1.54) is 18.2 Å². The maximum absolute atomic E-state index is 13.8. The van der Waals surface area contributed by atoms with E-state index in [1.807, 2.05) is 0 Å². The lowest BCUT2D eigenvalue weighted by Gasteiger charge is -2.11. The van der Waals surface area contributed by atoms with Gasteiger partial charge in [0.1, 0.15) is 11.6 Å². The standard InChI is InChI=1S/C13H8ClF4NO/c14-10-6-11(15)9(5-12(10)19)7-2-1-3-8(4-7)20-13(16,17)18/h1-6H,19H2. The van der Waals surface area contributed by atoms with Crippen molar-refractivity contribution in [3.8, 4) is 16.9 Å². The lowest BCUT2D eigenvalue weighted by molar-refractivity contribution is -0.274. The van der Waals surface area contributed by atoms with Crippen molar-refractivity contribution in [2.24, 2.45) is 0 Å². The monoisotopic (exact) mass is 305 g/mol. The van der Waals surface area contributed by atoms with E-state index >= 15 is 0 Å². The number of hydrogen-bond donors (Lipinski definition) is 1. The highest BCUT2D eigenvalue weighted by molar-refractivity contribution is 6.33. The van der Waals surface area contributed by atoms with Crippen molar-refractivity contribution in [1.29, 1.82) is 0 Å². The number of ether oxygens (including phenoxy) is 1. The Morgan fingerprint density at radius 3 is 2.45 bits per heavy atom. The van der Waals surface area contributed by atoms with Crippen LogP contribution in [-0.4, -0.2) is 6.36 Å². The van der Waals surface area contributed by atoms with E-state index in [2.05, 4.69) is 4.74 Å². The van der Waals surface area contributed by atoms with Gasteiger partial charge in [-0.15, -0.1) is 13.2 Å². The van der Waals surface area contributed by atoms with Crippen LogP contribution in [0.25, 0.3) is 11.1 Å². The molecule has 0 radical (unpaired) electrons. The first-order valence-corrected chi connectivity index (χ1v) is 5.75. The predicted molar refractivity (Wildman–Crippen MR) is 67.9 cm³/mol. The molecule has 0 aliphatic rings. The average Bonchev–Trinajstić information content (AvgIpc) is 2.32. The van der Waals surface area contributed by atoms with Gasteiger partial charge >= 0.3 is 6.36 Å². The van der Waals surface area contributed by atoms with Gasteiger partial charge in [-0.05, 0) is 29.8 Å². The Morgan fingerprint density at radius 2 is 1.80 bits per heavy atom. The van der Waals surface area contributed by atoms with E-state index in [0.29, 0.717) is 0 Å². The summed E-state index contributed by atoms with van der Waals surface area (Å²) in [5.74, 6) is -1.13. The van der Waals surface area contributed by atoms with Crippen LogP contribution in [0.1, 0.15) is 0 Å². The minimum absolute atomic E-state index is 0.0361. The molecule has 0 bridgehead atoms. The summed E-state index contributed by atoms with van der Waals surface area (Å²) in [5, 5.41) is 0.0361. The number of benzene rings is 2. The summed E-state index contributed by atoms with van der Waals surface area (Å²) in [6.45, 7) is 0. The van der Waals surface area contributed by atoms with Crippen molar-refractivity contribution >= 4 is 17.3 Å². The van der Waals surface area contributed by atoms with Gasteiger partial charge in [0.15, 0.2) is 0 Å². The van der Waals surface area contributed by atoms with Crippen LogP contribution in [-0.2, 0) is 0 Å². The lowest BCUT2D eigenvalue weighted by Crippen LogP contribution is -2.17. The lowest BCUT2D eigenvalue weighted by atomic mass is 10.0. The zero-order valence-electron chi connectivity index (χ0n) is 9.84. The fraction of sp³-hybridized carbons (Fsp3) is 0.0769. The van der Waals surface area contributed by atoms with Crippen LogP contribution in [0.4, 0.5) is 23.2 Å². The van der Waals surface area contributed by atoms with Gasteiger partial charge in [0.25, 0.3) is 0 Å². The number of nitrogens with two attached hydrogens (primary N) is 1. The van der Waals surface area contributed by atoms with Crippen molar-refractivity contribution < 1.29 is 22.3 Å². The minimum atomic E-state index is -4.81. The van der Waals surface area contributed by atoms with Crippen LogP contribution in [0.3, 0.4) is 0 Å². The van der Waals surface area contributed by atoms with E-state index in [0.717, 1.165) is 18.2 Å². The van der Waals surface area contributed by atoms with Crippen molar-refractivity contribution in [2.75, 3.05) is 5.73 Å². The Morgan fingerprint density at radius 1 is 1.10 bits per heavy atom. The van der Waals surface area contributed by atoms with E-state index < -0.39 is 17.9 Å². The van der Waals surface area contributed by atoms with Crippen LogP contribution in [0, 0.1) is 5.82 Å². The van der Waals surface area contributed by atoms with E-state index in [1.54, 1.807) is 0 Å². The second-order valence-electron chi connectivity index (χ2n) is 3.93. The number of rotatable bonds is 2. The van der Waals surface area contributed by atoms with Crippen LogP contribution in [0.2, 0.25) is 5.02 Å². The molecule has 0 heterocycles. The Balaban J connectivity index is 2.44. The van der Waals surface area contributed by atoms with Gasteiger partial charge in [-0.1, -0.05) is 23.7 Å². The highest BCUT2D eigenvalue weighted by Crippen LogP contribution is 2.32. The third-order valence-corrected chi connectivity index (χ3v) is 2.79. The molecular formula is C13H8ClF4NO. The van der Waals surface area contributed by atoms with Crippen LogP contribution >= 0.6 is 11.6 Å². The molecule has 2 aromatic rings. The molecule has 0 amide bonds. The van der Waals surface area contributed by atoms with Crippen molar-refractivity contribution in [3.05, 3.63) is 47.2 Å². The van der Waals surface area contributed by atoms with Crippen LogP contribution in [0.15, 0.2) is 36.4 Å². The minimum Gasteiger partial charge on any atom is -0.406 e. The molecule has 2 aromatic carbocycles.